The van der Waals surface area contributed by atoms with Crippen LogP contribution in [0.4, 0.5) is 5.69 Å². The molecule has 0 amide bonds. The van der Waals surface area contributed by atoms with Crippen molar-refractivity contribution in [1.82, 2.24) is 10.3 Å². The van der Waals surface area contributed by atoms with Gasteiger partial charge in [0.1, 0.15) is 23.3 Å². The maximum atomic E-state index is 11.8. The number of furan rings is 1. The molecule has 1 saturated heterocycles. The standard InChI is InChI=1S/C29H27N3O4S/c1-18(2)35-22-13-11-21(12-14-22)32-27(26(31-29(32)37)23-6-4-5-17-30-23)25-16-15-24(36-25)19-7-9-20(10-8-19)28(33)34-3/h4-18,26-27H,1-3H3,(H,31,37)/t26-,27-/m0/s1. The fourth-order valence-electron chi connectivity index (χ4n) is 4.43. The molecular weight excluding hydrogens is 486 g/mol. The van der Waals surface area contributed by atoms with E-state index in [0.29, 0.717) is 16.4 Å². The van der Waals surface area contributed by atoms with Gasteiger partial charge in [-0.1, -0.05) is 18.2 Å². The summed E-state index contributed by atoms with van der Waals surface area (Å²) in [4.78, 5) is 18.4. The average Bonchev–Trinajstić information content (AvgIpc) is 3.54. The van der Waals surface area contributed by atoms with Crippen LogP contribution in [0, 0.1) is 0 Å². The van der Waals surface area contributed by atoms with Gasteiger partial charge in [-0.25, -0.2) is 4.79 Å². The Bertz CT molecular complexity index is 1380. The summed E-state index contributed by atoms with van der Waals surface area (Å²) >= 11 is 5.80. The molecule has 5 rings (SSSR count). The highest BCUT2D eigenvalue weighted by Gasteiger charge is 2.42. The SMILES string of the molecule is COC(=O)c1ccc(-c2ccc([C@H]3[C@H](c4ccccn4)NC(=S)N3c3ccc(OC(C)C)cc3)o2)cc1. The number of pyridine rings is 1. The minimum absolute atomic E-state index is 0.0879. The Kier molecular flexibility index (Phi) is 6.92. The Morgan fingerprint density at radius 2 is 1.78 bits per heavy atom. The molecule has 2 aromatic carbocycles. The van der Waals surface area contributed by atoms with Gasteiger partial charge in [-0.05, 0) is 86.7 Å². The first-order valence-corrected chi connectivity index (χ1v) is 12.4. The Balaban J connectivity index is 1.51. The summed E-state index contributed by atoms with van der Waals surface area (Å²) in [7, 11) is 1.36. The molecule has 37 heavy (non-hydrogen) atoms. The molecule has 0 aliphatic carbocycles. The number of nitrogens with one attached hydrogen (secondary N) is 1. The first kappa shape index (κ1) is 24.5. The maximum Gasteiger partial charge on any atom is 0.337 e. The Hall–Kier alpha value is -4.17. The van der Waals surface area contributed by atoms with Crippen LogP contribution >= 0.6 is 12.2 Å². The Morgan fingerprint density at radius 1 is 1.03 bits per heavy atom. The molecule has 0 unspecified atom stereocenters. The first-order chi connectivity index (χ1) is 17.9. The zero-order chi connectivity index (χ0) is 25.9. The highest BCUT2D eigenvalue weighted by Crippen LogP contribution is 2.43. The zero-order valence-electron chi connectivity index (χ0n) is 20.8. The lowest BCUT2D eigenvalue weighted by molar-refractivity contribution is 0.0600. The van der Waals surface area contributed by atoms with Crippen molar-refractivity contribution < 1.29 is 18.7 Å². The first-order valence-electron chi connectivity index (χ1n) is 12.0. The van der Waals surface area contributed by atoms with Gasteiger partial charge in [0.05, 0.1) is 30.5 Å². The van der Waals surface area contributed by atoms with Crippen LogP contribution in [-0.4, -0.2) is 29.3 Å². The van der Waals surface area contributed by atoms with Crippen molar-refractivity contribution in [3.05, 3.63) is 102 Å². The molecule has 0 saturated carbocycles. The Morgan fingerprint density at radius 3 is 2.43 bits per heavy atom. The lowest BCUT2D eigenvalue weighted by atomic mass is 10.0. The van der Waals surface area contributed by atoms with Crippen molar-refractivity contribution in [3.63, 3.8) is 0 Å². The zero-order valence-corrected chi connectivity index (χ0v) is 21.6. The van der Waals surface area contributed by atoms with E-state index in [4.69, 9.17) is 26.1 Å². The molecule has 0 spiro atoms. The van der Waals surface area contributed by atoms with Crippen LogP contribution in [0.1, 0.15) is 47.7 Å². The number of benzene rings is 2. The highest BCUT2D eigenvalue weighted by molar-refractivity contribution is 7.80. The van der Waals surface area contributed by atoms with E-state index in [9.17, 15) is 4.79 Å². The van der Waals surface area contributed by atoms with Crippen LogP contribution in [-0.2, 0) is 4.74 Å². The fraction of sp³-hybridized carbons (Fsp3) is 0.207. The molecule has 0 bridgehead atoms. The third kappa shape index (κ3) is 5.06. The molecule has 2 atom stereocenters. The highest BCUT2D eigenvalue weighted by atomic mass is 32.1. The van der Waals surface area contributed by atoms with Crippen LogP contribution in [0.25, 0.3) is 11.3 Å². The van der Waals surface area contributed by atoms with Crippen LogP contribution in [0.2, 0.25) is 0 Å². The number of methoxy groups -OCH3 is 1. The second kappa shape index (κ2) is 10.4. The van der Waals surface area contributed by atoms with Crippen molar-refractivity contribution in [1.29, 1.82) is 0 Å². The van der Waals surface area contributed by atoms with Gasteiger partial charge in [-0.15, -0.1) is 0 Å². The number of thiocarbonyl (C=S) groups is 1. The molecule has 188 valence electrons. The van der Waals surface area contributed by atoms with Gasteiger partial charge in [-0.2, -0.15) is 0 Å². The van der Waals surface area contributed by atoms with Crippen molar-refractivity contribution >= 4 is 29.0 Å². The van der Waals surface area contributed by atoms with Gasteiger partial charge < -0.3 is 24.1 Å². The number of carbonyl (C=O) groups excluding carboxylic acids is 1. The third-order valence-electron chi connectivity index (χ3n) is 6.09. The van der Waals surface area contributed by atoms with Gasteiger partial charge in [-0.3, -0.25) is 4.98 Å². The summed E-state index contributed by atoms with van der Waals surface area (Å²) in [5.41, 5.74) is 3.10. The lowest BCUT2D eigenvalue weighted by Gasteiger charge is -2.26. The molecule has 1 aliphatic rings. The predicted molar refractivity (Wildman–Crippen MR) is 146 cm³/mol. The minimum Gasteiger partial charge on any atom is -0.491 e. The number of anilines is 1. The molecule has 0 radical (unpaired) electrons. The number of hydrogen-bond acceptors (Lipinski definition) is 6. The van der Waals surface area contributed by atoms with Crippen molar-refractivity contribution in [2.24, 2.45) is 0 Å². The number of esters is 1. The van der Waals surface area contributed by atoms with E-state index in [1.165, 1.54) is 7.11 Å². The summed E-state index contributed by atoms with van der Waals surface area (Å²) in [6.07, 6.45) is 1.86. The molecule has 1 aliphatic heterocycles. The molecule has 3 heterocycles. The van der Waals surface area contributed by atoms with E-state index in [1.54, 1.807) is 18.3 Å². The topological polar surface area (TPSA) is 76.8 Å². The van der Waals surface area contributed by atoms with Gasteiger partial charge >= 0.3 is 5.97 Å². The van der Waals surface area contributed by atoms with E-state index in [1.807, 2.05) is 80.6 Å². The normalized spacial score (nSPS) is 17.1. The fourth-order valence-corrected chi connectivity index (χ4v) is 4.78. The van der Waals surface area contributed by atoms with Crippen LogP contribution in [0.15, 0.2) is 89.5 Å². The lowest BCUT2D eigenvalue weighted by Crippen LogP contribution is -2.29. The molecular formula is C29H27N3O4S. The minimum atomic E-state index is -0.379. The van der Waals surface area contributed by atoms with E-state index in [0.717, 1.165) is 28.5 Å². The number of aromatic nitrogens is 1. The second-order valence-corrected chi connectivity index (χ2v) is 9.31. The molecule has 7 nitrogen and oxygen atoms in total. The quantitative estimate of drug-likeness (QED) is 0.235. The Labute approximate surface area is 221 Å². The van der Waals surface area contributed by atoms with E-state index < -0.39 is 0 Å². The van der Waals surface area contributed by atoms with Crippen LogP contribution in [0.3, 0.4) is 0 Å². The number of ether oxygens (including phenoxy) is 2. The van der Waals surface area contributed by atoms with Gasteiger partial charge in [0.25, 0.3) is 0 Å². The van der Waals surface area contributed by atoms with Crippen molar-refractivity contribution in [2.45, 2.75) is 32.0 Å². The average molecular weight is 514 g/mol. The van der Waals surface area contributed by atoms with E-state index >= 15 is 0 Å². The molecule has 4 aromatic rings. The number of nitrogens with zero attached hydrogens (tertiary/aromatic N) is 2. The van der Waals surface area contributed by atoms with Gasteiger partial charge in [0.15, 0.2) is 5.11 Å². The number of hydrogen-bond donors (Lipinski definition) is 1. The summed E-state index contributed by atoms with van der Waals surface area (Å²) in [6.45, 7) is 4.00. The summed E-state index contributed by atoms with van der Waals surface area (Å²) < 4.78 is 17.0. The number of carbonyl (C=O) groups is 1. The summed E-state index contributed by atoms with van der Waals surface area (Å²) in [5, 5.41) is 4.02. The third-order valence-corrected chi connectivity index (χ3v) is 6.41. The second-order valence-electron chi connectivity index (χ2n) is 8.93. The van der Waals surface area contributed by atoms with Crippen molar-refractivity contribution in [3.8, 4) is 17.1 Å². The largest absolute Gasteiger partial charge is 0.491 e. The van der Waals surface area contributed by atoms with Crippen LogP contribution < -0.4 is 15.0 Å². The van der Waals surface area contributed by atoms with E-state index in [-0.39, 0.29) is 24.2 Å². The molecule has 1 fully saturated rings. The summed E-state index contributed by atoms with van der Waals surface area (Å²) in [6, 6.07) is 24.2. The van der Waals surface area contributed by atoms with Gasteiger partial charge in [0.2, 0.25) is 0 Å². The predicted octanol–water partition coefficient (Wildman–Crippen LogP) is 6.09. The van der Waals surface area contributed by atoms with Crippen molar-refractivity contribution in [2.75, 3.05) is 12.0 Å². The molecule has 8 heteroatoms. The smallest absolute Gasteiger partial charge is 0.337 e. The monoisotopic (exact) mass is 513 g/mol. The summed E-state index contributed by atoms with van der Waals surface area (Å²) in [5.74, 6) is 1.84. The number of rotatable bonds is 7. The van der Waals surface area contributed by atoms with E-state index in [2.05, 4.69) is 15.2 Å². The van der Waals surface area contributed by atoms with Gasteiger partial charge in [0, 0.05) is 17.4 Å². The molecule has 2 aromatic heterocycles. The maximum absolute atomic E-state index is 11.8. The molecule has 1 N–H and O–H groups in total. The van der Waals surface area contributed by atoms with Crippen LogP contribution in [0.5, 0.6) is 5.75 Å².